The number of hydrogen-bond donors (Lipinski definition) is 1. The van der Waals surface area contributed by atoms with Crippen LogP contribution in [0.3, 0.4) is 0 Å². The lowest BCUT2D eigenvalue weighted by Crippen LogP contribution is -2.51. The van der Waals surface area contributed by atoms with Crippen LogP contribution < -0.4 is 5.32 Å². The number of nitrogens with zero attached hydrogens (tertiary/aromatic N) is 6. The number of carbonyl (C=O) groups is 3. The van der Waals surface area contributed by atoms with Gasteiger partial charge in [0.15, 0.2) is 5.69 Å². The van der Waals surface area contributed by atoms with Gasteiger partial charge in [0.25, 0.3) is 11.8 Å². The molecule has 5 rings (SSSR count). The molecule has 3 heterocycles. The van der Waals surface area contributed by atoms with Crippen molar-refractivity contribution in [3.8, 4) is 5.69 Å². The molecular formula is C28H28FN7O3. The van der Waals surface area contributed by atoms with Crippen molar-refractivity contribution >= 4 is 23.4 Å². The summed E-state index contributed by atoms with van der Waals surface area (Å²) in [6.07, 6.45) is 1.12. The second kappa shape index (κ2) is 9.94. The van der Waals surface area contributed by atoms with Crippen LogP contribution in [0.4, 0.5) is 10.1 Å². The first kappa shape index (κ1) is 26.0. The highest BCUT2D eigenvalue weighted by molar-refractivity contribution is 6.07. The minimum atomic E-state index is -1.01. The minimum absolute atomic E-state index is 0.0205. The summed E-state index contributed by atoms with van der Waals surface area (Å²) in [6, 6.07) is 12.0. The molecule has 1 fully saturated rings. The first-order valence-corrected chi connectivity index (χ1v) is 12.7. The SMILES string of the molecule is [C-]#[N+][C@@H]1C[C@@]2(CN1C(=O)[C@H](CC(C)C)N(C)C(=O)c1cn(-c3ccc(F)cc3)nn1)C(=O)Nc1ccccc12. The Morgan fingerprint density at radius 2 is 1.95 bits per heavy atom. The predicted octanol–water partition coefficient (Wildman–Crippen LogP) is 3.26. The Bertz CT molecular complexity index is 1480. The lowest BCUT2D eigenvalue weighted by molar-refractivity contribution is -0.136. The summed E-state index contributed by atoms with van der Waals surface area (Å²) in [6.45, 7) is 11.7. The lowest BCUT2D eigenvalue weighted by Gasteiger charge is -2.31. The van der Waals surface area contributed by atoms with E-state index in [0.29, 0.717) is 17.8 Å². The predicted molar refractivity (Wildman–Crippen MR) is 140 cm³/mol. The van der Waals surface area contributed by atoms with Crippen LogP contribution in [0.15, 0.2) is 54.7 Å². The van der Waals surface area contributed by atoms with Gasteiger partial charge in [-0.3, -0.25) is 24.1 Å². The van der Waals surface area contributed by atoms with Gasteiger partial charge in [0.1, 0.15) is 17.3 Å². The summed E-state index contributed by atoms with van der Waals surface area (Å²) in [4.78, 5) is 47.1. The fourth-order valence-corrected chi connectivity index (χ4v) is 5.42. The normalized spacial score (nSPS) is 20.6. The fourth-order valence-electron chi connectivity index (χ4n) is 5.42. The van der Waals surface area contributed by atoms with Crippen LogP contribution in [0.2, 0.25) is 0 Å². The maximum absolute atomic E-state index is 14.0. The number of likely N-dealkylation sites (tertiary alicyclic amines) is 1. The molecule has 2 aliphatic heterocycles. The third-order valence-corrected chi connectivity index (χ3v) is 7.46. The van der Waals surface area contributed by atoms with Crippen LogP contribution in [0.1, 0.15) is 42.7 Å². The summed E-state index contributed by atoms with van der Waals surface area (Å²) >= 11 is 0. The van der Waals surface area contributed by atoms with Gasteiger partial charge in [-0.2, -0.15) is 0 Å². The Morgan fingerprint density at radius 1 is 1.23 bits per heavy atom. The number of fused-ring (bicyclic) bond motifs is 2. The van der Waals surface area contributed by atoms with E-state index in [4.69, 9.17) is 6.57 Å². The molecule has 0 unspecified atom stereocenters. The first-order valence-electron chi connectivity index (χ1n) is 12.7. The lowest BCUT2D eigenvalue weighted by atomic mass is 9.80. The Hall–Kier alpha value is -4.59. The maximum Gasteiger partial charge on any atom is 0.302 e. The molecule has 10 nitrogen and oxygen atoms in total. The van der Waals surface area contributed by atoms with Gasteiger partial charge >= 0.3 is 6.17 Å². The summed E-state index contributed by atoms with van der Waals surface area (Å²) in [5.41, 5.74) is 1.01. The van der Waals surface area contributed by atoms with E-state index >= 15 is 0 Å². The molecule has 2 aliphatic rings. The molecule has 1 N–H and O–H groups in total. The molecule has 1 aromatic heterocycles. The van der Waals surface area contributed by atoms with E-state index < -0.39 is 29.3 Å². The topological polar surface area (TPSA) is 105 Å². The van der Waals surface area contributed by atoms with Crippen LogP contribution in [-0.4, -0.2) is 68.3 Å². The monoisotopic (exact) mass is 529 g/mol. The van der Waals surface area contributed by atoms with Crippen molar-refractivity contribution in [1.82, 2.24) is 24.8 Å². The minimum Gasteiger partial charge on any atom is -0.328 e. The molecule has 3 aromatic rings. The van der Waals surface area contributed by atoms with Crippen molar-refractivity contribution in [2.75, 3.05) is 18.9 Å². The van der Waals surface area contributed by atoms with E-state index in [9.17, 15) is 18.8 Å². The maximum atomic E-state index is 14.0. The van der Waals surface area contributed by atoms with Gasteiger partial charge in [0.05, 0.1) is 18.3 Å². The van der Waals surface area contributed by atoms with Crippen LogP contribution in [0.5, 0.6) is 0 Å². The molecule has 11 heteroatoms. The molecule has 2 aromatic carbocycles. The molecule has 1 spiro atoms. The number of halogens is 1. The molecule has 0 bridgehead atoms. The Labute approximate surface area is 225 Å². The van der Waals surface area contributed by atoms with Crippen LogP contribution in [0.25, 0.3) is 10.5 Å². The smallest absolute Gasteiger partial charge is 0.302 e. The van der Waals surface area contributed by atoms with Crippen molar-refractivity contribution in [3.63, 3.8) is 0 Å². The largest absolute Gasteiger partial charge is 0.328 e. The van der Waals surface area contributed by atoms with E-state index in [1.54, 1.807) is 0 Å². The van der Waals surface area contributed by atoms with Crippen molar-refractivity contribution in [2.45, 2.75) is 44.3 Å². The molecular weight excluding hydrogens is 501 g/mol. The van der Waals surface area contributed by atoms with Crippen LogP contribution >= 0.6 is 0 Å². The molecule has 0 aliphatic carbocycles. The van der Waals surface area contributed by atoms with Gasteiger partial charge in [-0.25, -0.2) is 15.6 Å². The average molecular weight is 530 g/mol. The summed E-state index contributed by atoms with van der Waals surface area (Å²) in [5, 5.41) is 10.9. The highest BCUT2D eigenvalue weighted by atomic mass is 19.1. The van der Waals surface area contributed by atoms with Gasteiger partial charge in [0.2, 0.25) is 5.91 Å². The highest BCUT2D eigenvalue weighted by Gasteiger charge is 2.59. The molecule has 0 saturated carbocycles. The Balaban J connectivity index is 1.41. The number of likely N-dealkylation sites (N-methyl/N-ethyl adjacent to an activating group) is 1. The fraction of sp³-hybridized carbons (Fsp3) is 0.357. The summed E-state index contributed by atoms with van der Waals surface area (Å²) in [5.74, 6) is -1.47. The summed E-state index contributed by atoms with van der Waals surface area (Å²) in [7, 11) is 1.53. The van der Waals surface area contributed by atoms with Gasteiger partial charge in [-0.1, -0.05) is 37.3 Å². The molecule has 3 atom stereocenters. The second-order valence-corrected chi connectivity index (χ2v) is 10.4. The van der Waals surface area contributed by atoms with Crippen molar-refractivity contribution < 1.29 is 18.8 Å². The van der Waals surface area contributed by atoms with Crippen molar-refractivity contribution in [1.29, 1.82) is 0 Å². The number of benzene rings is 2. The molecule has 1 saturated heterocycles. The zero-order valence-corrected chi connectivity index (χ0v) is 21.8. The standard InChI is InChI=1S/C28H28FN7O3/c1-17(2)13-23(34(4)25(37)22-15-36(33-32-22)19-11-9-18(29)10-12-19)26(38)35-16-28(14-24(35)30-3)20-7-5-6-8-21(20)31-27(28)39/h5-12,15,17,23-24H,13-14,16H2,1-2,4H3,(H,31,39)/t23-,24-,28-/m0/s1. The van der Waals surface area contributed by atoms with E-state index in [0.717, 1.165) is 5.56 Å². The first-order chi connectivity index (χ1) is 18.6. The zero-order valence-electron chi connectivity index (χ0n) is 21.8. The third kappa shape index (κ3) is 4.52. The van der Waals surface area contributed by atoms with Crippen LogP contribution in [0, 0.1) is 18.3 Å². The third-order valence-electron chi connectivity index (χ3n) is 7.46. The van der Waals surface area contributed by atoms with E-state index in [1.807, 2.05) is 38.1 Å². The number of rotatable bonds is 6. The van der Waals surface area contributed by atoms with Crippen molar-refractivity contribution in [2.24, 2.45) is 5.92 Å². The molecule has 200 valence electrons. The van der Waals surface area contributed by atoms with Crippen molar-refractivity contribution in [3.05, 3.63) is 83.2 Å². The van der Waals surface area contributed by atoms with Gasteiger partial charge < -0.3 is 10.2 Å². The zero-order chi connectivity index (χ0) is 27.9. The number of para-hydroxylation sites is 1. The van der Waals surface area contributed by atoms with Crippen LogP contribution in [-0.2, 0) is 15.0 Å². The summed E-state index contributed by atoms with van der Waals surface area (Å²) < 4.78 is 14.7. The number of nitrogens with one attached hydrogen (secondary N) is 1. The van der Waals surface area contributed by atoms with Gasteiger partial charge in [0, 0.05) is 19.3 Å². The van der Waals surface area contributed by atoms with E-state index in [-0.39, 0.29) is 36.4 Å². The second-order valence-electron chi connectivity index (χ2n) is 10.4. The molecule has 0 radical (unpaired) electrons. The van der Waals surface area contributed by atoms with Gasteiger partial charge in [-0.15, -0.1) is 5.10 Å². The number of aromatic nitrogens is 3. The molecule has 3 amide bonds. The van der Waals surface area contributed by atoms with E-state index in [2.05, 4.69) is 20.5 Å². The Morgan fingerprint density at radius 3 is 2.64 bits per heavy atom. The molecule has 39 heavy (non-hydrogen) atoms. The average Bonchev–Trinajstić information content (AvgIpc) is 3.63. The Kier molecular flexibility index (Phi) is 6.64. The number of carbonyl (C=O) groups excluding carboxylic acids is 3. The number of amides is 3. The van der Waals surface area contributed by atoms with Gasteiger partial charge in [-0.05, 0) is 48.2 Å². The number of hydrogen-bond acceptors (Lipinski definition) is 5. The van der Waals surface area contributed by atoms with E-state index in [1.165, 1.54) is 52.0 Å². The highest BCUT2D eigenvalue weighted by Crippen LogP contribution is 2.47. The number of anilines is 1. The quantitative estimate of drug-likeness (QED) is 0.494.